The van der Waals surface area contributed by atoms with Gasteiger partial charge in [0.1, 0.15) is 6.61 Å². The number of hydrogen-bond donors (Lipinski definition) is 0. The second-order valence-corrected chi connectivity index (χ2v) is 8.03. The lowest BCUT2D eigenvalue weighted by Crippen LogP contribution is -2.27. The normalized spacial score (nSPS) is 25.0. The van der Waals surface area contributed by atoms with Gasteiger partial charge in [-0.2, -0.15) is 0 Å². The Labute approximate surface area is 152 Å². The minimum absolute atomic E-state index is 0.584. The van der Waals surface area contributed by atoms with Crippen molar-refractivity contribution in [3.05, 3.63) is 35.4 Å². The van der Waals surface area contributed by atoms with Gasteiger partial charge in [-0.05, 0) is 69.5 Å². The maximum atomic E-state index is 5.82. The standard InChI is InChI=1S/C21H32N2O2/c1-15(2)8-9-25-20-7-6-16(10-21(20)24-5)11-23-13-18-17(12-22(3)4)19(18)14-23/h6-8,10,17-19H,9,11-14H2,1-5H3/t17?,18-,19+. The molecular formula is C21H32N2O2. The Morgan fingerprint density at radius 2 is 1.92 bits per heavy atom. The monoisotopic (exact) mass is 344 g/mol. The highest BCUT2D eigenvalue weighted by Crippen LogP contribution is 2.52. The number of fused-ring (bicyclic) bond motifs is 1. The van der Waals surface area contributed by atoms with Crippen LogP contribution in [-0.4, -0.2) is 57.2 Å². The molecule has 1 aliphatic carbocycles. The predicted molar refractivity (Wildman–Crippen MR) is 102 cm³/mol. The van der Waals surface area contributed by atoms with Crippen LogP contribution in [0.4, 0.5) is 0 Å². The molecule has 0 amide bonds. The van der Waals surface area contributed by atoms with Gasteiger partial charge in [0.15, 0.2) is 11.5 Å². The summed E-state index contributed by atoms with van der Waals surface area (Å²) in [6.45, 7) is 9.47. The molecule has 1 aromatic rings. The van der Waals surface area contributed by atoms with Gasteiger partial charge in [0, 0.05) is 26.2 Å². The molecule has 1 aliphatic heterocycles. The van der Waals surface area contributed by atoms with E-state index in [4.69, 9.17) is 9.47 Å². The minimum atomic E-state index is 0.584. The maximum Gasteiger partial charge on any atom is 0.161 e. The van der Waals surface area contributed by atoms with Crippen LogP contribution in [0.15, 0.2) is 29.8 Å². The van der Waals surface area contributed by atoms with E-state index in [9.17, 15) is 0 Å². The summed E-state index contributed by atoms with van der Waals surface area (Å²) in [5.74, 6) is 4.40. The molecule has 25 heavy (non-hydrogen) atoms. The van der Waals surface area contributed by atoms with Gasteiger partial charge in [-0.1, -0.05) is 11.6 Å². The molecule has 1 heterocycles. The van der Waals surface area contributed by atoms with Crippen molar-refractivity contribution >= 4 is 0 Å². The number of hydrogen-bond acceptors (Lipinski definition) is 4. The zero-order chi connectivity index (χ0) is 18.0. The van der Waals surface area contributed by atoms with E-state index in [-0.39, 0.29) is 0 Å². The molecule has 3 atom stereocenters. The van der Waals surface area contributed by atoms with Crippen LogP contribution in [0.1, 0.15) is 19.4 Å². The Balaban J connectivity index is 1.53. The first-order valence-electron chi connectivity index (χ1n) is 9.28. The van der Waals surface area contributed by atoms with Gasteiger partial charge in [-0.15, -0.1) is 0 Å². The highest BCUT2D eigenvalue weighted by Gasteiger charge is 2.54. The Morgan fingerprint density at radius 3 is 2.52 bits per heavy atom. The largest absolute Gasteiger partial charge is 0.493 e. The highest BCUT2D eigenvalue weighted by atomic mass is 16.5. The third kappa shape index (κ3) is 4.56. The first kappa shape index (κ1) is 18.3. The zero-order valence-corrected chi connectivity index (χ0v) is 16.3. The number of likely N-dealkylation sites (tertiary alicyclic amines) is 1. The molecule has 1 aromatic carbocycles. The van der Waals surface area contributed by atoms with Gasteiger partial charge >= 0.3 is 0 Å². The van der Waals surface area contributed by atoms with Crippen LogP contribution in [0.2, 0.25) is 0 Å². The summed E-state index contributed by atoms with van der Waals surface area (Å²) in [6.07, 6.45) is 2.08. The van der Waals surface area contributed by atoms with Crippen LogP contribution < -0.4 is 9.47 Å². The number of piperidine rings is 1. The van der Waals surface area contributed by atoms with E-state index in [0.717, 1.165) is 35.8 Å². The number of allylic oxidation sites excluding steroid dienone is 1. The molecule has 1 unspecified atom stereocenters. The predicted octanol–water partition coefficient (Wildman–Crippen LogP) is 3.28. The Bertz CT molecular complexity index is 610. The minimum Gasteiger partial charge on any atom is -0.493 e. The lowest BCUT2D eigenvalue weighted by atomic mass is 10.1. The van der Waals surface area contributed by atoms with Gasteiger partial charge in [0.25, 0.3) is 0 Å². The Morgan fingerprint density at radius 1 is 1.20 bits per heavy atom. The molecule has 0 N–H and O–H groups in total. The average molecular weight is 344 g/mol. The first-order chi connectivity index (χ1) is 12.0. The molecular weight excluding hydrogens is 312 g/mol. The summed E-state index contributed by atoms with van der Waals surface area (Å²) in [7, 11) is 6.07. The average Bonchev–Trinajstić information content (AvgIpc) is 3.00. The summed E-state index contributed by atoms with van der Waals surface area (Å²) < 4.78 is 11.3. The van der Waals surface area contributed by atoms with Gasteiger partial charge in [-0.25, -0.2) is 0 Å². The van der Waals surface area contributed by atoms with Gasteiger partial charge in [-0.3, -0.25) is 4.90 Å². The molecule has 4 heteroatoms. The number of methoxy groups -OCH3 is 1. The summed E-state index contributed by atoms with van der Waals surface area (Å²) in [5, 5.41) is 0. The van der Waals surface area contributed by atoms with Crippen LogP contribution in [0.25, 0.3) is 0 Å². The molecule has 2 aliphatic rings. The Hall–Kier alpha value is -1.52. The van der Waals surface area contributed by atoms with Gasteiger partial charge in [0.05, 0.1) is 7.11 Å². The van der Waals surface area contributed by atoms with Gasteiger partial charge in [0.2, 0.25) is 0 Å². The summed E-state index contributed by atoms with van der Waals surface area (Å²) in [5.41, 5.74) is 2.56. The van der Waals surface area contributed by atoms with Crippen LogP contribution in [0, 0.1) is 17.8 Å². The molecule has 4 nitrogen and oxygen atoms in total. The van der Waals surface area contributed by atoms with Crippen LogP contribution in [0.3, 0.4) is 0 Å². The van der Waals surface area contributed by atoms with E-state index in [0.29, 0.717) is 6.61 Å². The first-order valence-corrected chi connectivity index (χ1v) is 9.28. The number of benzene rings is 1. The van der Waals surface area contributed by atoms with Crippen molar-refractivity contribution in [2.75, 3.05) is 47.4 Å². The second kappa shape index (κ2) is 7.79. The van der Waals surface area contributed by atoms with Gasteiger partial charge < -0.3 is 14.4 Å². The fraction of sp³-hybridized carbons (Fsp3) is 0.619. The zero-order valence-electron chi connectivity index (χ0n) is 16.3. The van der Waals surface area contributed by atoms with E-state index in [2.05, 4.69) is 56.0 Å². The smallest absolute Gasteiger partial charge is 0.161 e. The topological polar surface area (TPSA) is 24.9 Å². The quantitative estimate of drug-likeness (QED) is 0.676. The van der Waals surface area contributed by atoms with Crippen LogP contribution in [0.5, 0.6) is 11.5 Å². The summed E-state index contributed by atoms with van der Waals surface area (Å²) >= 11 is 0. The van der Waals surface area contributed by atoms with Crippen molar-refractivity contribution in [1.82, 2.24) is 9.80 Å². The molecule has 0 aromatic heterocycles. The van der Waals surface area contributed by atoms with E-state index >= 15 is 0 Å². The molecule has 1 saturated carbocycles. The van der Waals surface area contributed by atoms with Crippen molar-refractivity contribution in [2.24, 2.45) is 17.8 Å². The number of ether oxygens (including phenoxy) is 2. The maximum absolute atomic E-state index is 5.82. The number of nitrogens with zero attached hydrogens (tertiary/aromatic N) is 2. The fourth-order valence-corrected chi connectivity index (χ4v) is 4.04. The van der Waals surface area contributed by atoms with Crippen molar-refractivity contribution < 1.29 is 9.47 Å². The van der Waals surface area contributed by atoms with Crippen molar-refractivity contribution in [3.8, 4) is 11.5 Å². The lowest BCUT2D eigenvalue weighted by molar-refractivity contribution is 0.257. The summed E-state index contributed by atoms with van der Waals surface area (Å²) in [6, 6.07) is 6.33. The van der Waals surface area contributed by atoms with Crippen LogP contribution >= 0.6 is 0 Å². The molecule has 2 fully saturated rings. The van der Waals surface area contributed by atoms with Crippen molar-refractivity contribution in [3.63, 3.8) is 0 Å². The highest BCUT2D eigenvalue weighted by molar-refractivity contribution is 5.43. The van der Waals surface area contributed by atoms with E-state index in [1.807, 2.05) is 6.07 Å². The lowest BCUT2D eigenvalue weighted by Gasteiger charge is -2.21. The fourth-order valence-electron chi connectivity index (χ4n) is 4.04. The molecule has 0 radical (unpaired) electrons. The van der Waals surface area contributed by atoms with Crippen molar-refractivity contribution in [2.45, 2.75) is 20.4 Å². The van der Waals surface area contributed by atoms with E-state index in [1.54, 1.807) is 7.11 Å². The molecule has 3 rings (SSSR count). The molecule has 0 spiro atoms. The Kier molecular flexibility index (Phi) is 5.70. The molecule has 138 valence electrons. The third-order valence-corrected chi connectivity index (χ3v) is 5.39. The summed E-state index contributed by atoms with van der Waals surface area (Å²) in [4.78, 5) is 4.91. The molecule has 0 bridgehead atoms. The second-order valence-electron chi connectivity index (χ2n) is 8.03. The SMILES string of the molecule is COc1cc(CN2C[C@@H]3C(CN(C)C)[C@@H]3C2)ccc1OCC=C(C)C. The van der Waals surface area contributed by atoms with E-state index in [1.165, 1.54) is 30.8 Å². The van der Waals surface area contributed by atoms with E-state index < -0.39 is 0 Å². The van der Waals surface area contributed by atoms with Crippen LogP contribution in [-0.2, 0) is 6.54 Å². The van der Waals surface area contributed by atoms with Crippen molar-refractivity contribution in [1.29, 1.82) is 0 Å². The molecule has 1 saturated heterocycles. The third-order valence-electron chi connectivity index (χ3n) is 5.39. The number of rotatable bonds is 8.